The Morgan fingerprint density at radius 1 is 1.18 bits per heavy atom. The number of para-hydroxylation sites is 1. The van der Waals surface area contributed by atoms with E-state index in [2.05, 4.69) is 17.6 Å². The number of ether oxygens (including phenoxy) is 2. The Morgan fingerprint density at radius 2 is 1.97 bits per heavy atom. The number of aromatic amines is 1. The molecule has 0 spiro atoms. The molecule has 2 unspecified atom stereocenters. The van der Waals surface area contributed by atoms with Crippen LogP contribution in [-0.2, 0) is 16.0 Å². The van der Waals surface area contributed by atoms with Gasteiger partial charge in [-0.25, -0.2) is 0 Å². The van der Waals surface area contributed by atoms with E-state index in [-0.39, 0.29) is 24.5 Å². The maximum absolute atomic E-state index is 13.5. The summed E-state index contributed by atoms with van der Waals surface area (Å²) in [7, 11) is 1.60. The van der Waals surface area contributed by atoms with Gasteiger partial charge in [0.1, 0.15) is 12.6 Å². The van der Waals surface area contributed by atoms with E-state index < -0.39 is 12.1 Å². The summed E-state index contributed by atoms with van der Waals surface area (Å²) in [5.41, 5.74) is 3.87. The Bertz CT molecular complexity index is 1280. The van der Waals surface area contributed by atoms with Crippen LogP contribution in [0.1, 0.15) is 36.7 Å². The van der Waals surface area contributed by atoms with Gasteiger partial charge in [-0.05, 0) is 43.2 Å². The minimum Gasteiger partial charge on any atom is -0.493 e. The molecular formula is C27H29N3O4. The molecule has 1 fully saturated rings. The van der Waals surface area contributed by atoms with Crippen LogP contribution in [0.5, 0.6) is 11.5 Å². The molecule has 1 saturated heterocycles. The average molecular weight is 460 g/mol. The number of methoxy groups -OCH3 is 1. The smallest absolute Gasteiger partial charge is 0.246 e. The highest BCUT2D eigenvalue weighted by Crippen LogP contribution is 2.44. The molecule has 7 heteroatoms. The first-order chi connectivity index (χ1) is 16.4. The number of nitrogens with one attached hydrogen (secondary N) is 1. The van der Waals surface area contributed by atoms with E-state index in [0.29, 0.717) is 24.5 Å². The lowest BCUT2D eigenvalue weighted by Crippen LogP contribution is -2.62. The number of aromatic nitrogens is 1. The van der Waals surface area contributed by atoms with Gasteiger partial charge in [-0.2, -0.15) is 0 Å². The predicted octanol–water partition coefficient (Wildman–Crippen LogP) is 3.83. The number of hydrogen-bond donors (Lipinski definition) is 1. The zero-order chi connectivity index (χ0) is 24.0. The fourth-order valence-electron chi connectivity index (χ4n) is 5.19. The zero-order valence-electron chi connectivity index (χ0n) is 19.7. The average Bonchev–Trinajstić information content (AvgIpc) is 3.19. The van der Waals surface area contributed by atoms with Crippen LogP contribution in [0.25, 0.3) is 10.9 Å². The molecule has 0 aliphatic carbocycles. The van der Waals surface area contributed by atoms with Crippen LogP contribution in [0.3, 0.4) is 0 Å². The van der Waals surface area contributed by atoms with E-state index in [0.717, 1.165) is 27.7 Å². The van der Waals surface area contributed by atoms with Crippen molar-refractivity contribution >= 4 is 22.7 Å². The molecule has 2 atom stereocenters. The molecule has 2 aromatic carbocycles. The monoisotopic (exact) mass is 459 g/mol. The molecule has 34 heavy (non-hydrogen) atoms. The second-order valence-corrected chi connectivity index (χ2v) is 9.07. The summed E-state index contributed by atoms with van der Waals surface area (Å²) in [6, 6.07) is 12.8. The summed E-state index contributed by atoms with van der Waals surface area (Å²) in [5, 5.41) is 1.08. The molecule has 2 aliphatic rings. The largest absolute Gasteiger partial charge is 0.493 e. The number of amides is 2. The van der Waals surface area contributed by atoms with Crippen molar-refractivity contribution in [3.8, 4) is 11.5 Å². The molecule has 0 radical (unpaired) electrons. The first-order valence-corrected chi connectivity index (χ1v) is 11.6. The van der Waals surface area contributed by atoms with Gasteiger partial charge >= 0.3 is 0 Å². The molecule has 2 aliphatic heterocycles. The molecule has 3 aromatic rings. The van der Waals surface area contributed by atoms with Crippen LogP contribution < -0.4 is 9.47 Å². The van der Waals surface area contributed by atoms with Crippen LogP contribution in [0, 0.1) is 0 Å². The van der Waals surface area contributed by atoms with Crippen LogP contribution >= 0.6 is 0 Å². The molecule has 7 nitrogen and oxygen atoms in total. The van der Waals surface area contributed by atoms with Gasteiger partial charge in [0, 0.05) is 29.6 Å². The second kappa shape index (κ2) is 8.56. The highest BCUT2D eigenvalue weighted by molar-refractivity contribution is 5.97. The van der Waals surface area contributed by atoms with Crippen molar-refractivity contribution in [1.82, 2.24) is 14.8 Å². The van der Waals surface area contributed by atoms with Crippen LogP contribution in [0.4, 0.5) is 0 Å². The van der Waals surface area contributed by atoms with Crippen molar-refractivity contribution in [2.45, 2.75) is 38.5 Å². The first-order valence-electron chi connectivity index (χ1n) is 11.6. The molecule has 0 bridgehead atoms. The Morgan fingerprint density at radius 3 is 2.71 bits per heavy atom. The number of rotatable bonds is 6. The standard InChI is InChI=1S/C27H29N3O4/c1-5-12-29-15-24(31)30-21(27(29)32)14-19-18-8-6-7-9-20(18)28-25(19)26(30)17-10-11-22(34-16(2)3)23(13-17)33-4/h5-11,13,16,21,26,28H,1,12,14-15H2,2-4H3. The third-order valence-corrected chi connectivity index (χ3v) is 6.56. The van der Waals surface area contributed by atoms with Gasteiger partial charge < -0.3 is 24.3 Å². The van der Waals surface area contributed by atoms with E-state index in [4.69, 9.17) is 9.47 Å². The Hall–Kier alpha value is -3.74. The van der Waals surface area contributed by atoms with Gasteiger partial charge in [0.15, 0.2) is 11.5 Å². The van der Waals surface area contributed by atoms with Gasteiger partial charge in [-0.1, -0.05) is 30.3 Å². The van der Waals surface area contributed by atoms with Crippen molar-refractivity contribution in [2.75, 3.05) is 20.2 Å². The number of H-pyrrole nitrogens is 1. The third-order valence-electron chi connectivity index (χ3n) is 6.56. The molecule has 1 aromatic heterocycles. The number of carbonyl (C=O) groups is 2. The van der Waals surface area contributed by atoms with Gasteiger partial charge in [0.2, 0.25) is 11.8 Å². The van der Waals surface area contributed by atoms with Gasteiger partial charge in [0.05, 0.1) is 19.3 Å². The molecule has 5 rings (SSSR count). The summed E-state index contributed by atoms with van der Waals surface area (Å²) in [6.07, 6.45) is 2.13. The maximum Gasteiger partial charge on any atom is 0.246 e. The first kappa shape index (κ1) is 22.1. The Kier molecular flexibility index (Phi) is 5.55. The lowest BCUT2D eigenvalue weighted by atomic mass is 9.86. The van der Waals surface area contributed by atoms with Crippen molar-refractivity contribution in [2.24, 2.45) is 0 Å². The van der Waals surface area contributed by atoms with Gasteiger partial charge in [-0.15, -0.1) is 6.58 Å². The van der Waals surface area contributed by atoms with Crippen molar-refractivity contribution < 1.29 is 19.1 Å². The van der Waals surface area contributed by atoms with E-state index in [1.54, 1.807) is 23.0 Å². The Labute approximate surface area is 198 Å². The summed E-state index contributed by atoms with van der Waals surface area (Å²) < 4.78 is 11.5. The normalized spacial score (nSPS) is 19.9. The van der Waals surface area contributed by atoms with Crippen LogP contribution in [-0.4, -0.2) is 58.9 Å². The summed E-state index contributed by atoms with van der Waals surface area (Å²) >= 11 is 0. The molecule has 0 saturated carbocycles. The number of hydrogen-bond acceptors (Lipinski definition) is 4. The minimum atomic E-state index is -0.574. The molecule has 176 valence electrons. The number of piperazine rings is 1. The summed E-state index contributed by atoms with van der Waals surface area (Å²) in [4.78, 5) is 33.8. The zero-order valence-corrected chi connectivity index (χ0v) is 19.7. The SMILES string of the molecule is C=CCN1CC(=O)N2C(Cc3c([nH]c4ccccc34)C2c2ccc(OC(C)C)c(OC)c2)C1=O. The second-order valence-electron chi connectivity index (χ2n) is 9.07. The fraction of sp³-hybridized carbons (Fsp3) is 0.333. The number of benzene rings is 2. The lowest BCUT2D eigenvalue weighted by Gasteiger charge is -2.47. The highest BCUT2D eigenvalue weighted by atomic mass is 16.5. The topological polar surface area (TPSA) is 74.9 Å². The quantitative estimate of drug-likeness (QED) is 0.569. The van der Waals surface area contributed by atoms with Crippen LogP contribution in [0.15, 0.2) is 55.1 Å². The lowest BCUT2D eigenvalue weighted by molar-refractivity contribution is -0.158. The van der Waals surface area contributed by atoms with Crippen molar-refractivity contribution in [3.63, 3.8) is 0 Å². The fourth-order valence-corrected chi connectivity index (χ4v) is 5.19. The maximum atomic E-state index is 13.5. The molecular weight excluding hydrogens is 430 g/mol. The highest BCUT2D eigenvalue weighted by Gasteiger charge is 2.48. The number of nitrogens with zero attached hydrogens (tertiary/aromatic N) is 2. The third kappa shape index (κ3) is 3.52. The van der Waals surface area contributed by atoms with Crippen molar-refractivity contribution in [3.05, 3.63) is 71.9 Å². The molecule has 3 heterocycles. The summed E-state index contributed by atoms with van der Waals surface area (Å²) in [5.74, 6) is 1.10. The Balaban J connectivity index is 1.68. The van der Waals surface area contributed by atoms with Gasteiger partial charge in [0.25, 0.3) is 0 Å². The van der Waals surface area contributed by atoms with E-state index in [9.17, 15) is 9.59 Å². The number of carbonyl (C=O) groups excluding carboxylic acids is 2. The van der Waals surface area contributed by atoms with Gasteiger partial charge in [-0.3, -0.25) is 9.59 Å². The molecule has 1 N–H and O–H groups in total. The number of fused-ring (bicyclic) bond motifs is 4. The minimum absolute atomic E-state index is 0.00347. The predicted molar refractivity (Wildman–Crippen MR) is 130 cm³/mol. The van der Waals surface area contributed by atoms with Crippen molar-refractivity contribution in [1.29, 1.82) is 0 Å². The van der Waals surface area contributed by atoms with E-state index in [1.807, 2.05) is 50.2 Å². The van der Waals surface area contributed by atoms with E-state index in [1.165, 1.54) is 0 Å². The van der Waals surface area contributed by atoms with Crippen LogP contribution in [0.2, 0.25) is 0 Å². The summed E-state index contributed by atoms with van der Waals surface area (Å²) in [6.45, 7) is 8.07. The van der Waals surface area contributed by atoms with E-state index >= 15 is 0 Å². The molecule has 2 amide bonds.